The van der Waals surface area contributed by atoms with Crippen LogP contribution in [0.25, 0.3) is 0 Å². The summed E-state index contributed by atoms with van der Waals surface area (Å²) < 4.78 is 5.84. The molecule has 0 unspecified atom stereocenters. The Labute approximate surface area is 173 Å². The number of carbonyl (C=O) groups excluding carboxylic acids is 1. The summed E-state index contributed by atoms with van der Waals surface area (Å²) in [4.78, 5) is 14.8. The lowest BCUT2D eigenvalue weighted by atomic mass is 9.97. The number of nitrogens with one attached hydrogen (secondary N) is 1. The third-order valence-corrected chi connectivity index (χ3v) is 5.33. The van der Waals surface area contributed by atoms with Gasteiger partial charge in [0.25, 0.3) is 5.91 Å². The van der Waals surface area contributed by atoms with Crippen molar-refractivity contribution in [3.8, 4) is 0 Å². The third-order valence-electron chi connectivity index (χ3n) is 5.33. The van der Waals surface area contributed by atoms with E-state index < -0.39 is 0 Å². The van der Waals surface area contributed by atoms with E-state index in [9.17, 15) is 4.79 Å². The molecule has 29 heavy (non-hydrogen) atoms. The lowest BCUT2D eigenvalue weighted by Gasteiger charge is -2.21. The highest BCUT2D eigenvalue weighted by molar-refractivity contribution is 6.02. The molecule has 0 aliphatic carbocycles. The first-order valence-corrected chi connectivity index (χ1v) is 10.2. The topological polar surface area (TPSA) is 45.5 Å². The SMILES string of the molecule is CCN(CC)c1ccc(NC(=O)c2ccc(Cc3c(C)cc(C)cc3C)o2)cc1. The van der Waals surface area contributed by atoms with E-state index in [1.807, 2.05) is 30.3 Å². The first kappa shape index (κ1) is 20.7. The van der Waals surface area contributed by atoms with Crippen molar-refractivity contribution in [1.29, 1.82) is 0 Å². The van der Waals surface area contributed by atoms with Gasteiger partial charge in [-0.05, 0) is 87.7 Å². The molecular weight excluding hydrogens is 360 g/mol. The molecule has 4 heteroatoms. The van der Waals surface area contributed by atoms with Crippen LogP contribution in [-0.2, 0) is 6.42 Å². The molecule has 1 aromatic heterocycles. The van der Waals surface area contributed by atoms with Crippen LogP contribution in [0.2, 0.25) is 0 Å². The highest BCUT2D eigenvalue weighted by Gasteiger charge is 2.14. The van der Waals surface area contributed by atoms with Gasteiger partial charge in [0.1, 0.15) is 5.76 Å². The van der Waals surface area contributed by atoms with Crippen LogP contribution < -0.4 is 10.2 Å². The van der Waals surface area contributed by atoms with Gasteiger partial charge in [0.05, 0.1) is 0 Å². The average molecular weight is 391 g/mol. The van der Waals surface area contributed by atoms with Gasteiger partial charge in [-0.3, -0.25) is 4.79 Å². The molecule has 0 fully saturated rings. The van der Waals surface area contributed by atoms with Crippen molar-refractivity contribution >= 4 is 17.3 Å². The third kappa shape index (κ3) is 4.89. The molecule has 1 N–H and O–H groups in total. The Morgan fingerprint density at radius 2 is 1.55 bits per heavy atom. The number of hydrogen-bond acceptors (Lipinski definition) is 3. The summed E-state index contributed by atoms with van der Waals surface area (Å²) in [5.74, 6) is 0.890. The molecule has 0 atom stereocenters. The fourth-order valence-corrected chi connectivity index (χ4v) is 3.79. The summed E-state index contributed by atoms with van der Waals surface area (Å²) in [6.07, 6.45) is 0.684. The summed E-state index contributed by atoms with van der Waals surface area (Å²) in [6, 6.07) is 15.9. The summed E-state index contributed by atoms with van der Waals surface area (Å²) >= 11 is 0. The minimum Gasteiger partial charge on any atom is -0.456 e. The minimum absolute atomic E-state index is 0.232. The number of furan rings is 1. The van der Waals surface area contributed by atoms with Gasteiger partial charge in [0.15, 0.2) is 5.76 Å². The Bertz CT molecular complexity index is 959. The van der Waals surface area contributed by atoms with Crippen LogP contribution in [0.15, 0.2) is 52.9 Å². The van der Waals surface area contributed by atoms with Crippen molar-refractivity contribution in [1.82, 2.24) is 0 Å². The van der Waals surface area contributed by atoms with Gasteiger partial charge < -0.3 is 14.6 Å². The number of anilines is 2. The molecule has 0 saturated heterocycles. The average Bonchev–Trinajstić information content (AvgIpc) is 3.16. The molecule has 3 rings (SSSR count). The van der Waals surface area contributed by atoms with Gasteiger partial charge in [-0.25, -0.2) is 0 Å². The van der Waals surface area contributed by atoms with E-state index >= 15 is 0 Å². The molecule has 4 nitrogen and oxygen atoms in total. The van der Waals surface area contributed by atoms with Gasteiger partial charge in [0, 0.05) is 30.9 Å². The second kappa shape index (κ2) is 8.99. The molecule has 0 aliphatic rings. The maximum absolute atomic E-state index is 12.6. The van der Waals surface area contributed by atoms with Crippen molar-refractivity contribution in [3.63, 3.8) is 0 Å². The first-order chi connectivity index (χ1) is 13.9. The fourth-order valence-electron chi connectivity index (χ4n) is 3.79. The van der Waals surface area contributed by atoms with E-state index in [1.165, 1.54) is 22.3 Å². The molecule has 0 bridgehead atoms. The smallest absolute Gasteiger partial charge is 0.291 e. The van der Waals surface area contributed by atoms with Crippen molar-refractivity contribution in [2.75, 3.05) is 23.3 Å². The maximum Gasteiger partial charge on any atom is 0.291 e. The molecule has 1 heterocycles. The van der Waals surface area contributed by atoms with Gasteiger partial charge >= 0.3 is 0 Å². The number of hydrogen-bond donors (Lipinski definition) is 1. The number of amides is 1. The molecule has 0 radical (unpaired) electrons. The van der Waals surface area contributed by atoms with E-state index in [-0.39, 0.29) is 5.91 Å². The van der Waals surface area contributed by atoms with Crippen LogP contribution in [-0.4, -0.2) is 19.0 Å². The Morgan fingerprint density at radius 1 is 0.931 bits per heavy atom. The highest BCUT2D eigenvalue weighted by atomic mass is 16.3. The van der Waals surface area contributed by atoms with Crippen LogP contribution >= 0.6 is 0 Å². The zero-order valence-electron chi connectivity index (χ0n) is 18.0. The predicted octanol–water partition coefficient (Wildman–Crippen LogP) is 5.89. The Morgan fingerprint density at radius 3 is 2.14 bits per heavy atom. The zero-order valence-corrected chi connectivity index (χ0v) is 18.0. The summed E-state index contributed by atoms with van der Waals surface area (Å²) in [5.41, 5.74) is 6.92. The van der Waals surface area contributed by atoms with E-state index in [1.54, 1.807) is 6.07 Å². The number of benzene rings is 2. The normalized spacial score (nSPS) is 10.8. The van der Waals surface area contributed by atoms with Gasteiger partial charge in [-0.2, -0.15) is 0 Å². The van der Waals surface area contributed by atoms with E-state index in [0.29, 0.717) is 12.2 Å². The van der Waals surface area contributed by atoms with E-state index in [0.717, 1.165) is 30.2 Å². The molecule has 0 spiro atoms. The quantitative estimate of drug-likeness (QED) is 0.547. The van der Waals surface area contributed by atoms with E-state index in [4.69, 9.17) is 4.42 Å². The molecular formula is C25H30N2O2. The second-order valence-electron chi connectivity index (χ2n) is 7.49. The molecule has 1 amide bonds. The molecule has 0 aliphatic heterocycles. The maximum atomic E-state index is 12.6. The lowest BCUT2D eigenvalue weighted by molar-refractivity contribution is 0.0995. The van der Waals surface area contributed by atoms with Crippen LogP contribution in [0.5, 0.6) is 0 Å². The van der Waals surface area contributed by atoms with Gasteiger partial charge in [0.2, 0.25) is 0 Å². The Hall–Kier alpha value is -3.01. The Balaban J connectivity index is 1.68. The van der Waals surface area contributed by atoms with Gasteiger partial charge in [-0.15, -0.1) is 0 Å². The first-order valence-electron chi connectivity index (χ1n) is 10.2. The summed E-state index contributed by atoms with van der Waals surface area (Å²) in [7, 11) is 0. The molecule has 2 aromatic carbocycles. The van der Waals surface area contributed by atoms with Crippen LogP contribution in [0.3, 0.4) is 0 Å². The lowest BCUT2D eigenvalue weighted by Crippen LogP contribution is -2.21. The predicted molar refractivity (Wildman–Crippen MR) is 120 cm³/mol. The number of carbonyl (C=O) groups is 1. The van der Waals surface area contributed by atoms with Crippen molar-refractivity contribution in [2.45, 2.75) is 41.0 Å². The van der Waals surface area contributed by atoms with Crippen LogP contribution in [0, 0.1) is 20.8 Å². The second-order valence-corrected chi connectivity index (χ2v) is 7.49. The highest BCUT2D eigenvalue weighted by Crippen LogP contribution is 2.22. The van der Waals surface area contributed by atoms with Gasteiger partial charge in [-0.1, -0.05) is 17.7 Å². The summed E-state index contributed by atoms with van der Waals surface area (Å²) in [6.45, 7) is 12.5. The number of nitrogens with zero attached hydrogens (tertiary/aromatic N) is 1. The molecule has 0 saturated carbocycles. The van der Waals surface area contributed by atoms with Crippen molar-refractivity contribution in [3.05, 3.63) is 82.3 Å². The van der Waals surface area contributed by atoms with Crippen LogP contribution in [0.4, 0.5) is 11.4 Å². The van der Waals surface area contributed by atoms with Crippen molar-refractivity contribution in [2.24, 2.45) is 0 Å². The largest absolute Gasteiger partial charge is 0.456 e. The zero-order chi connectivity index (χ0) is 21.0. The molecule has 3 aromatic rings. The standard InChI is InChI=1S/C25H30N2O2/c1-6-27(7-2)21-10-8-20(9-11-21)26-25(28)24-13-12-22(29-24)16-23-18(4)14-17(3)15-19(23)5/h8-15H,6-7,16H2,1-5H3,(H,26,28). The number of aryl methyl sites for hydroxylation is 3. The van der Waals surface area contributed by atoms with E-state index in [2.05, 4.69) is 57.0 Å². The monoisotopic (exact) mass is 390 g/mol. The fraction of sp³-hybridized carbons (Fsp3) is 0.320. The number of rotatable bonds is 7. The van der Waals surface area contributed by atoms with Crippen molar-refractivity contribution < 1.29 is 9.21 Å². The van der Waals surface area contributed by atoms with Crippen LogP contribution in [0.1, 0.15) is 52.4 Å². The Kier molecular flexibility index (Phi) is 6.42. The minimum atomic E-state index is -0.232. The summed E-state index contributed by atoms with van der Waals surface area (Å²) in [5, 5.41) is 2.92. The molecule has 152 valence electrons.